The third-order valence-electron chi connectivity index (χ3n) is 2.13. The average molecular weight is 253 g/mol. The van der Waals surface area contributed by atoms with Gasteiger partial charge in [0.1, 0.15) is 0 Å². The molecule has 0 radical (unpaired) electrons. The number of hydrogen-bond donors (Lipinski definition) is 1. The highest BCUT2D eigenvalue weighted by Gasteiger charge is 2.13. The summed E-state index contributed by atoms with van der Waals surface area (Å²) < 4.78 is 5.11. The number of ether oxygens (including phenoxy) is 1. The quantitative estimate of drug-likeness (QED) is 0.906. The van der Waals surface area contributed by atoms with E-state index >= 15 is 0 Å². The molecule has 0 fully saturated rings. The Morgan fingerprint density at radius 2 is 2.24 bits per heavy atom. The van der Waals surface area contributed by atoms with Gasteiger partial charge in [-0.25, -0.2) is 14.8 Å². The Hall–Kier alpha value is -1.88. The van der Waals surface area contributed by atoms with Gasteiger partial charge in [0, 0.05) is 5.02 Å². The molecule has 1 aromatic carbocycles. The summed E-state index contributed by atoms with van der Waals surface area (Å²) >= 11 is 5.82. The van der Waals surface area contributed by atoms with Crippen molar-refractivity contribution in [3.05, 3.63) is 29.4 Å². The summed E-state index contributed by atoms with van der Waals surface area (Å²) in [7, 11) is 0. The van der Waals surface area contributed by atoms with E-state index < -0.39 is 12.1 Å². The van der Waals surface area contributed by atoms with Gasteiger partial charge in [-0.2, -0.15) is 0 Å². The van der Waals surface area contributed by atoms with Gasteiger partial charge in [0.05, 0.1) is 17.2 Å². The fourth-order valence-electron chi connectivity index (χ4n) is 1.26. The third-order valence-corrected chi connectivity index (χ3v) is 2.36. The lowest BCUT2D eigenvalue weighted by molar-refractivity contribution is -0.144. The highest BCUT2D eigenvalue weighted by Crippen LogP contribution is 2.18. The number of halogens is 1. The van der Waals surface area contributed by atoms with Crippen molar-refractivity contribution < 1.29 is 14.6 Å². The molecule has 2 rings (SSSR count). The minimum absolute atomic E-state index is 0.162. The molecule has 1 aromatic heterocycles. The number of carboxylic acids is 1. The largest absolute Gasteiger partial charge is 0.479 e. The van der Waals surface area contributed by atoms with E-state index in [1.165, 1.54) is 13.1 Å². The van der Waals surface area contributed by atoms with Gasteiger partial charge in [0.25, 0.3) is 0 Å². The van der Waals surface area contributed by atoms with Gasteiger partial charge < -0.3 is 9.84 Å². The Kier molecular flexibility index (Phi) is 3.10. The highest BCUT2D eigenvalue weighted by molar-refractivity contribution is 6.31. The molecule has 0 aliphatic carbocycles. The van der Waals surface area contributed by atoms with Crippen LogP contribution in [0, 0.1) is 0 Å². The molecule has 0 bridgehead atoms. The first-order valence-corrected chi connectivity index (χ1v) is 5.26. The Labute approximate surface area is 102 Å². The molecular formula is C11H9ClN2O3. The van der Waals surface area contributed by atoms with Crippen molar-refractivity contribution >= 4 is 28.6 Å². The van der Waals surface area contributed by atoms with Gasteiger partial charge in [-0.15, -0.1) is 0 Å². The van der Waals surface area contributed by atoms with Crippen molar-refractivity contribution in [2.45, 2.75) is 13.0 Å². The lowest BCUT2D eigenvalue weighted by atomic mass is 10.3. The number of aromatic nitrogens is 2. The molecule has 0 amide bonds. The van der Waals surface area contributed by atoms with Crippen LogP contribution in [0.15, 0.2) is 24.4 Å². The first-order valence-electron chi connectivity index (χ1n) is 4.88. The lowest BCUT2D eigenvalue weighted by Gasteiger charge is -2.09. The smallest absolute Gasteiger partial charge is 0.344 e. The predicted octanol–water partition coefficient (Wildman–Crippen LogP) is 2.14. The summed E-state index contributed by atoms with van der Waals surface area (Å²) in [5.74, 6) is -0.896. The zero-order valence-electron chi connectivity index (χ0n) is 8.92. The standard InChI is InChI=1S/C11H9ClN2O3/c1-6(11(15)16)17-10-5-13-8-3-2-7(12)4-9(8)14-10/h2-6H,1H3,(H,15,16)/t6-/m1/s1. The second-order valence-corrected chi connectivity index (χ2v) is 3.88. The van der Waals surface area contributed by atoms with Crippen LogP contribution in [0.25, 0.3) is 11.0 Å². The van der Waals surface area contributed by atoms with Crippen molar-refractivity contribution in [1.82, 2.24) is 9.97 Å². The van der Waals surface area contributed by atoms with Crippen LogP contribution in [0.1, 0.15) is 6.92 Å². The molecule has 1 heterocycles. The Bertz CT molecular complexity index is 574. The first kappa shape index (κ1) is 11.6. The second-order valence-electron chi connectivity index (χ2n) is 3.44. The van der Waals surface area contributed by atoms with E-state index in [0.29, 0.717) is 16.1 Å². The van der Waals surface area contributed by atoms with Crippen molar-refractivity contribution in [3.63, 3.8) is 0 Å². The zero-order chi connectivity index (χ0) is 12.4. The zero-order valence-corrected chi connectivity index (χ0v) is 9.68. The molecule has 0 saturated heterocycles. The van der Waals surface area contributed by atoms with Crippen LogP contribution in [0.3, 0.4) is 0 Å². The molecule has 0 aliphatic rings. The number of benzene rings is 1. The lowest BCUT2D eigenvalue weighted by Crippen LogP contribution is -2.23. The minimum Gasteiger partial charge on any atom is -0.479 e. The summed E-state index contributed by atoms with van der Waals surface area (Å²) in [5.41, 5.74) is 1.23. The van der Waals surface area contributed by atoms with Crippen LogP contribution < -0.4 is 4.74 Å². The number of carboxylic acid groups (broad SMARTS) is 1. The van der Waals surface area contributed by atoms with Crippen LogP contribution >= 0.6 is 11.6 Å². The summed E-state index contributed by atoms with van der Waals surface area (Å²) in [5, 5.41) is 9.24. The number of aliphatic carboxylic acids is 1. The monoisotopic (exact) mass is 252 g/mol. The first-order chi connectivity index (χ1) is 8.06. The molecular weight excluding hydrogens is 244 g/mol. The molecule has 0 saturated carbocycles. The SMILES string of the molecule is C[C@@H](Oc1cnc2ccc(Cl)cc2n1)C(=O)O. The number of rotatable bonds is 3. The van der Waals surface area contributed by atoms with Crippen molar-refractivity contribution in [2.75, 3.05) is 0 Å². The molecule has 0 aliphatic heterocycles. The van der Waals surface area contributed by atoms with Gasteiger partial charge >= 0.3 is 5.97 Å². The van der Waals surface area contributed by atoms with E-state index in [4.69, 9.17) is 21.4 Å². The van der Waals surface area contributed by atoms with Crippen molar-refractivity contribution in [2.24, 2.45) is 0 Å². The molecule has 2 aromatic rings. The van der Waals surface area contributed by atoms with E-state index in [-0.39, 0.29) is 5.88 Å². The Balaban J connectivity index is 2.33. The Morgan fingerprint density at radius 3 is 2.94 bits per heavy atom. The van der Waals surface area contributed by atoms with Gasteiger partial charge in [-0.3, -0.25) is 0 Å². The highest BCUT2D eigenvalue weighted by atomic mass is 35.5. The van der Waals surface area contributed by atoms with Crippen molar-refractivity contribution in [3.8, 4) is 5.88 Å². The van der Waals surface area contributed by atoms with E-state index in [2.05, 4.69) is 9.97 Å². The van der Waals surface area contributed by atoms with Crippen LogP contribution in [0.2, 0.25) is 5.02 Å². The molecule has 1 atom stereocenters. The van der Waals surface area contributed by atoms with Crippen LogP contribution in [0.5, 0.6) is 5.88 Å². The normalized spacial score (nSPS) is 12.4. The molecule has 5 nitrogen and oxygen atoms in total. The maximum absolute atomic E-state index is 10.6. The number of fused-ring (bicyclic) bond motifs is 1. The summed E-state index contributed by atoms with van der Waals surface area (Å²) in [6.45, 7) is 1.42. The van der Waals surface area contributed by atoms with E-state index in [1.807, 2.05) is 0 Å². The Morgan fingerprint density at radius 1 is 1.47 bits per heavy atom. The van der Waals surface area contributed by atoms with E-state index in [9.17, 15) is 4.79 Å². The number of nitrogens with zero attached hydrogens (tertiary/aromatic N) is 2. The number of carbonyl (C=O) groups is 1. The maximum atomic E-state index is 10.6. The van der Waals surface area contributed by atoms with Crippen molar-refractivity contribution in [1.29, 1.82) is 0 Å². The molecule has 88 valence electrons. The third kappa shape index (κ3) is 2.62. The van der Waals surface area contributed by atoms with E-state index in [0.717, 1.165) is 0 Å². The molecule has 6 heteroatoms. The average Bonchev–Trinajstić information content (AvgIpc) is 2.28. The minimum atomic E-state index is -1.06. The molecule has 0 spiro atoms. The van der Waals surface area contributed by atoms with Crippen LogP contribution in [-0.4, -0.2) is 27.1 Å². The van der Waals surface area contributed by atoms with Gasteiger partial charge in [0.2, 0.25) is 5.88 Å². The summed E-state index contributed by atoms with van der Waals surface area (Å²) in [4.78, 5) is 18.8. The topological polar surface area (TPSA) is 72.3 Å². The van der Waals surface area contributed by atoms with Gasteiger partial charge in [0.15, 0.2) is 6.10 Å². The summed E-state index contributed by atoms with van der Waals surface area (Å²) in [6, 6.07) is 5.08. The van der Waals surface area contributed by atoms with Gasteiger partial charge in [-0.05, 0) is 25.1 Å². The van der Waals surface area contributed by atoms with Crippen LogP contribution in [0.4, 0.5) is 0 Å². The number of hydrogen-bond acceptors (Lipinski definition) is 4. The molecule has 1 N–H and O–H groups in total. The fourth-order valence-corrected chi connectivity index (χ4v) is 1.42. The maximum Gasteiger partial charge on any atom is 0.344 e. The predicted molar refractivity (Wildman–Crippen MR) is 62.3 cm³/mol. The molecule has 17 heavy (non-hydrogen) atoms. The fraction of sp³-hybridized carbons (Fsp3) is 0.182. The van der Waals surface area contributed by atoms with Crippen LogP contribution in [-0.2, 0) is 4.79 Å². The second kappa shape index (κ2) is 4.55. The van der Waals surface area contributed by atoms with Gasteiger partial charge in [-0.1, -0.05) is 11.6 Å². The van der Waals surface area contributed by atoms with E-state index in [1.54, 1.807) is 18.2 Å². The molecule has 0 unspecified atom stereocenters. The summed E-state index contributed by atoms with van der Waals surface area (Å²) in [6.07, 6.45) is 0.413.